The van der Waals surface area contributed by atoms with Gasteiger partial charge in [-0.1, -0.05) is 18.6 Å². The number of rotatable bonds is 3. The zero-order valence-electron chi connectivity index (χ0n) is 11.9. The summed E-state index contributed by atoms with van der Waals surface area (Å²) in [4.78, 5) is 4.77. The molecule has 20 heavy (non-hydrogen) atoms. The van der Waals surface area contributed by atoms with E-state index in [-0.39, 0.29) is 0 Å². The first-order valence-electron chi connectivity index (χ1n) is 7.60. The lowest BCUT2D eigenvalue weighted by atomic mass is 9.93. The van der Waals surface area contributed by atoms with Crippen LogP contribution in [0.15, 0.2) is 18.2 Å². The molecule has 1 N–H and O–H groups in total. The maximum atomic E-state index is 5.74. The molecular formula is C16H21N3O. The monoisotopic (exact) mass is 271 g/mol. The van der Waals surface area contributed by atoms with Gasteiger partial charge in [0.1, 0.15) is 12.4 Å². The van der Waals surface area contributed by atoms with Crippen LogP contribution < -0.4 is 5.32 Å². The van der Waals surface area contributed by atoms with Gasteiger partial charge in [-0.3, -0.25) is 0 Å². The number of nitrogens with one attached hydrogen (secondary N) is 1. The number of para-hydroxylation sites is 1. The summed E-state index contributed by atoms with van der Waals surface area (Å²) in [7, 11) is 0. The van der Waals surface area contributed by atoms with Crippen molar-refractivity contribution in [3.63, 3.8) is 0 Å². The summed E-state index contributed by atoms with van der Waals surface area (Å²) in [6.07, 6.45) is 4.02. The van der Waals surface area contributed by atoms with Gasteiger partial charge in [-0.15, -0.1) is 0 Å². The van der Waals surface area contributed by atoms with Crippen molar-refractivity contribution in [2.75, 3.05) is 13.2 Å². The molecule has 2 aromatic rings. The molecule has 1 unspecified atom stereocenters. The van der Waals surface area contributed by atoms with Crippen LogP contribution in [0.3, 0.4) is 0 Å². The van der Waals surface area contributed by atoms with Crippen molar-refractivity contribution in [3.8, 4) is 0 Å². The highest BCUT2D eigenvalue weighted by molar-refractivity contribution is 5.79. The highest BCUT2D eigenvalue weighted by atomic mass is 16.5. The normalized spacial score (nSPS) is 22.8. The van der Waals surface area contributed by atoms with Crippen molar-refractivity contribution in [1.29, 1.82) is 0 Å². The molecule has 0 saturated heterocycles. The zero-order valence-corrected chi connectivity index (χ0v) is 11.9. The van der Waals surface area contributed by atoms with Crippen molar-refractivity contribution >= 4 is 11.0 Å². The van der Waals surface area contributed by atoms with Gasteiger partial charge in [-0.05, 0) is 31.4 Å². The lowest BCUT2D eigenvalue weighted by molar-refractivity contribution is 0.0546. The van der Waals surface area contributed by atoms with Crippen molar-refractivity contribution in [2.24, 2.45) is 0 Å². The Morgan fingerprint density at radius 1 is 1.40 bits per heavy atom. The Morgan fingerprint density at radius 2 is 2.30 bits per heavy atom. The zero-order chi connectivity index (χ0) is 13.5. The number of ether oxygens (including phenoxy) is 1. The third-order valence-electron chi connectivity index (χ3n) is 4.65. The van der Waals surface area contributed by atoms with E-state index in [1.54, 1.807) is 0 Å². The molecule has 0 radical (unpaired) electrons. The van der Waals surface area contributed by atoms with Crippen LogP contribution in [-0.2, 0) is 11.3 Å². The van der Waals surface area contributed by atoms with Gasteiger partial charge in [0.2, 0.25) is 0 Å². The molecule has 1 saturated carbocycles. The number of fused-ring (bicyclic) bond motifs is 3. The molecule has 4 nitrogen and oxygen atoms in total. The quantitative estimate of drug-likeness (QED) is 0.932. The summed E-state index contributed by atoms with van der Waals surface area (Å²) >= 11 is 0. The summed E-state index contributed by atoms with van der Waals surface area (Å²) in [5.41, 5.74) is 3.63. The van der Waals surface area contributed by atoms with Crippen LogP contribution >= 0.6 is 0 Å². The molecule has 1 aliphatic carbocycles. The maximum Gasteiger partial charge on any atom is 0.136 e. The molecular weight excluding hydrogens is 250 g/mol. The van der Waals surface area contributed by atoms with E-state index < -0.39 is 0 Å². The van der Waals surface area contributed by atoms with Crippen LogP contribution in [0.25, 0.3) is 11.0 Å². The summed E-state index contributed by atoms with van der Waals surface area (Å²) < 4.78 is 8.13. The Labute approximate surface area is 119 Å². The van der Waals surface area contributed by atoms with E-state index in [1.807, 2.05) is 0 Å². The van der Waals surface area contributed by atoms with Crippen LogP contribution in [0.4, 0.5) is 0 Å². The predicted molar refractivity (Wildman–Crippen MR) is 78.8 cm³/mol. The standard InChI is InChI=1S/C16H21N3O/c1-11-4-2-7-14-16(11)18-15-10-20-9-13(19(14)15)8-17-12-5-3-6-12/h2,4,7,12-13,17H,3,5-6,8-10H2,1H3. The molecule has 1 atom stereocenters. The molecule has 2 aliphatic rings. The summed E-state index contributed by atoms with van der Waals surface area (Å²) in [6, 6.07) is 7.52. The number of nitrogens with zero attached hydrogens (tertiary/aromatic N) is 2. The minimum atomic E-state index is 0.367. The summed E-state index contributed by atoms with van der Waals surface area (Å²) in [6.45, 7) is 4.53. The van der Waals surface area contributed by atoms with Gasteiger partial charge in [0, 0.05) is 12.6 Å². The van der Waals surface area contributed by atoms with Crippen LogP contribution in [0.2, 0.25) is 0 Å². The minimum Gasteiger partial charge on any atom is -0.371 e. The molecule has 1 fully saturated rings. The minimum absolute atomic E-state index is 0.367. The molecule has 1 aromatic heterocycles. The topological polar surface area (TPSA) is 39.1 Å². The second-order valence-corrected chi connectivity index (χ2v) is 6.05. The van der Waals surface area contributed by atoms with Gasteiger partial charge in [-0.25, -0.2) is 4.98 Å². The molecule has 4 heteroatoms. The van der Waals surface area contributed by atoms with E-state index in [0.717, 1.165) is 30.5 Å². The fourth-order valence-corrected chi connectivity index (χ4v) is 3.24. The number of hydrogen-bond acceptors (Lipinski definition) is 3. The average molecular weight is 271 g/mol. The van der Waals surface area contributed by atoms with Gasteiger partial charge in [0.05, 0.1) is 23.7 Å². The number of benzene rings is 1. The highest BCUT2D eigenvalue weighted by Crippen LogP contribution is 2.28. The molecule has 106 valence electrons. The summed E-state index contributed by atoms with van der Waals surface area (Å²) in [5.74, 6) is 1.07. The van der Waals surface area contributed by atoms with Crippen LogP contribution in [0.1, 0.15) is 36.7 Å². The van der Waals surface area contributed by atoms with E-state index in [0.29, 0.717) is 12.6 Å². The van der Waals surface area contributed by atoms with Gasteiger partial charge in [0.25, 0.3) is 0 Å². The predicted octanol–water partition coefficient (Wildman–Crippen LogP) is 2.56. The first-order valence-corrected chi connectivity index (χ1v) is 7.60. The van der Waals surface area contributed by atoms with Crippen molar-refractivity contribution in [3.05, 3.63) is 29.6 Å². The van der Waals surface area contributed by atoms with Gasteiger partial charge in [-0.2, -0.15) is 0 Å². The Balaban J connectivity index is 1.67. The van der Waals surface area contributed by atoms with Gasteiger partial charge in [0.15, 0.2) is 0 Å². The largest absolute Gasteiger partial charge is 0.371 e. The second kappa shape index (κ2) is 4.86. The Morgan fingerprint density at radius 3 is 3.10 bits per heavy atom. The Kier molecular flexibility index (Phi) is 3.00. The van der Waals surface area contributed by atoms with Crippen molar-refractivity contribution < 1.29 is 4.74 Å². The molecule has 2 heterocycles. The van der Waals surface area contributed by atoms with E-state index in [4.69, 9.17) is 9.72 Å². The number of imidazole rings is 1. The highest BCUT2D eigenvalue weighted by Gasteiger charge is 2.26. The molecule has 0 spiro atoms. The average Bonchev–Trinajstić information content (AvgIpc) is 2.78. The Hall–Kier alpha value is -1.39. The molecule has 0 bridgehead atoms. The number of aromatic nitrogens is 2. The number of hydrogen-bond donors (Lipinski definition) is 1. The summed E-state index contributed by atoms with van der Waals surface area (Å²) in [5, 5.41) is 3.67. The van der Waals surface area contributed by atoms with E-state index in [1.165, 1.54) is 30.3 Å². The maximum absolute atomic E-state index is 5.74. The van der Waals surface area contributed by atoms with Crippen LogP contribution in [-0.4, -0.2) is 28.7 Å². The molecule has 0 amide bonds. The lowest BCUT2D eigenvalue weighted by Gasteiger charge is -2.31. The third kappa shape index (κ3) is 1.95. The van der Waals surface area contributed by atoms with Crippen molar-refractivity contribution in [2.45, 2.75) is 44.9 Å². The first kappa shape index (κ1) is 12.4. The second-order valence-electron chi connectivity index (χ2n) is 6.05. The molecule has 4 rings (SSSR count). The van der Waals surface area contributed by atoms with Gasteiger partial charge < -0.3 is 14.6 Å². The fraction of sp³-hybridized carbons (Fsp3) is 0.562. The molecule has 1 aliphatic heterocycles. The lowest BCUT2D eigenvalue weighted by Crippen LogP contribution is -2.41. The van der Waals surface area contributed by atoms with E-state index >= 15 is 0 Å². The Bertz CT molecular complexity index is 630. The molecule has 1 aromatic carbocycles. The first-order chi connectivity index (χ1) is 9.83. The SMILES string of the molecule is Cc1cccc2c1nc1n2C(CNC2CCC2)COC1. The van der Waals surface area contributed by atoms with Crippen LogP contribution in [0, 0.1) is 6.92 Å². The number of aryl methyl sites for hydroxylation is 1. The third-order valence-corrected chi connectivity index (χ3v) is 4.65. The van der Waals surface area contributed by atoms with E-state index in [2.05, 4.69) is 35.0 Å². The van der Waals surface area contributed by atoms with Crippen molar-refractivity contribution in [1.82, 2.24) is 14.9 Å². The van der Waals surface area contributed by atoms with E-state index in [9.17, 15) is 0 Å². The van der Waals surface area contributed by atoms with Crippen LogP contribution in [0.5, 0.6) is 0 Å². The van der Waals surface area contributed by atoms with Gasteiger partial charge >= 0.3 is 0 Å². The smallest absolute Gasteiger partial charge is 0.136 e. The fourth-order valence-electron chi connectivity index (χ4n) is 3.24.